The third kappa shape index (κ3) is 37.5. The second kappa shape index (κ2) is 26.1. The highest BCUT2D eigenvalue weighted by Crippen LogP contribution is 2.09. The molecule has 0 aromatic carbocycles. The number of rotatable bonds is 21. The Bertz CT molecular complexity index is 286. The smallest absolute Gasteiger partial charge is 0.00248 e. The van der Waals surface area contributed by atoms with E-state index in [1.165, 1.54) is 122 Å². The summed E-state index contributed by atoms with van der Waals surface area (Å²) in [4.78, 5) is 9.11. The molecule has 0 aromatic heterocycles. The lowest BCUT2D eigenvalue weighted by Gasteiger charge is -2.09. The molecule has 0 aliphatic heterocycles. The van der Waals surface area contributed by atoms with Gasteiger partial charge in [0.25, 0.3) is 0 Å². The van der Waals surface area contributed by atoms with Gasteiger partial charge in [0.05, 0.1) is 0 Å². The van der Waals surface area contributed by atoms with Crippen molar-refractivity contribution in [1.29, 1.82) is 0 Å². The second-order valence-electron chi connectivity index (χ2n) is 10.5. The molecule has 0 N–H and O–H groups in total. The lowest BCUT2D eigenvalue weighted by Crippen LogP contribution is -2.12. The first-order chi connectivity index (χ1) is 14.8. The van der Waals surface area contributed by atoms with Crippen LogP contribution >= 0.6 is 0 Å². The molecule has 0 amide bonds. The number of hydrogen-bond donors (Lipinski definition) is 0. The van der Waals surface area contributed by atoms with Crippen molar-refractivity contribution in [2.75, 3.05) is 82.6 Å². The van der Waals surface area contributed by atoms with Crippen LogP contribution in [0.5, 0.6) is 0 Å². The van der Waals surface area contributed by atoms with Crippen LogP contribution < -0.4 is 0 Å². The predicted octanol–water partition coefficient (Wildman–Crippen LogP) is 6.07. The highest BCUT2D eigenvalue weighted by atomic mass is 15.1. The molecule has 4 heteroatoms. The Balaban J connectivity index is 0. The zero-order chi connectivity index (χ0) is 23.7. The van der Waals surface area contributed by atoms with Crippen LogP contribution in [0.3, 0.4) is 0 Å². The van der Waals surface area contributed by atoms with Gasteiger partial charge >= 0.3 is 0 Å². The molecule has 0 bridgehead atoms. The average Bonchev–Trinajstić information content (AvgIpc) is 2.67. The van der Waals surface area contributed by atoms with Gasteiger partial charge in [-0.3, -0.25) is 0 Å². The molecule has 0 aliphatic rings. The minimum atomic E-state index is 1.25. The molecule has 31 heavy (non-hydrogen) atoms. The van der Waals surface area contributed by atoms with Gasteiger partial charge in [-0.15, -0.1) is 0 Å². The van der Waals surface area contributed by atoms with Gasteiger partial charge < -0.3 is 19.6 Å². The summed E-state index contributed by atoms with van der Waals surface area (Å²) < 4.78 is 0. The molecule has 0 unspecified atom stereocenters. The highest BCUT2D eigenvalue weighted by molar-refractivity contribution is 4.51. The molecule has 0 fully saturated rings. The van der Waals surface area contributed by atoms with Gasteiger partial charge in [-0.05, 0) is 108 Å². The largest absolute Gasteiger partial charge is 0.309 e. The van der Waals surface area contributed by atoms with E-state index in [9.17, 15) is 0 Å². The van der Waals surface area contributed by atoms with E-state index in [1.807, 2.05) is 0 Å². The number of nitrogens with zero attached hydrogens (tertiary/aromatic N) is 4. The first-order valence-electron chi connectivity index (χ1n) is 13.3. The fourth-order valence-corrected chi connectivity index (χ4v) is 3.66. The van der Waals surface area contributed by atoms with Crippen LogP contribution in [-0.4, -0.2) is 102 Å². The summed E-state index contributed by atoms with van der Waals surface area (Å²) in [5, 5.41) is 0. The van der Waals surface area contributed by atoms with Gasteiger partial charge in [0.1, 0.15) is 0 Å². The van der Waals surface area contributed by atoms with Crippen LogP contribution in [0.15, 0.2) is 0 Å². The molecule has 0 aliphatic carbocycles. The molecule has 190 valence electrons. The van der Waals surface area contributed by atoms with Gasteiger partial charge in [-0.25, -0.2) is 0 Å². The zero-order valence-electron chi connectivity index (χ0n) is 23.2. The molecule has 0 spiro atoms. The van der Waals surface area contributed by atoms with E-state index in [2.05, 4.69) is 76.0 Å². The summed E-state index contributed by atoms with van der Waals surface area (Å²) in [5.74, 6) is 0. The maximum atomic E-state index is 2.28. The van der Waals surface area contributed by atoms with Gasteiger partial charge in [0, 0.05) is 0 Å². The molecule has 0 rings (SSSR count). The highest BCUT2D eigenvalue weighted by Gasteiger charge is 1.95. The van der Waals surface area contributed by atoms with Crippen LogP contribution in [0.25, 0.3) is 0 Å². The Morgan fingerprint density at radius 3 is 0.484 bits per heavy atom. The van der Waals surface area contributed by atoms with E-state index < -0.39 is 0 Å². The summed E-state index contributed by atoms with van der Waals surface area (Å²) in [6.45, 7) is 5.01. The molecule has 0 heterocycles. The quantitative estimate of drug-likeness (QED) is 0.200. The fourth-order valence-electron chi connectivity index (χ4n) is 3.66. The molecule has 0 atom stereocenters. The van der Waals surface area contributed by atoms with Crippen molar-refractivity contribution in [3.05, 3.63) is 0 Å². The zero-order valence-corrected chi connectivity index (χ0v) is 23.2. The van der Waals surface area contributed by atoms with Gasteiger partial charge in [-0.2, -0.15) is 0 Å². The minimum absolute atomic E-state index is 1.25. The SMILES string of the molecule is CN(C)CCCCCCCCCCN(C)C.CN(C)CCCCCCCCCN(C)C. The molecule has 0 saturated carbocycles. The first kappa shape index (κ1) is 33.0. The van der Waals surface area contributed by atoms with E-state index in [4.69, 9.17) is 0 Å². The Morgan fingerprint density at radius 1 is 0.226 bits per heavy atom. The molecular formula is C27H62N4. The number of unbranched alkanes of at least 4 members (excludes halogenated alkanes) is 13. The first-order valence-corrected chi connectivity index (χ1v) is 13.3. The Hall–Kier alpha value is -0.160. The van der Waals surface area contributed by atoms with E-state index in [0.717, 1.165) is 0 Å². The van der Waals surface area contributed by atoms with Crippen molar-refractivity contribution in [2.24, 2.45) is 0 Å². The predicted molar refractivity (Wildman–Crippen MR) is 143 cm³/mol. The third-order valence-electron chi connectivity index (χ3n) is 5.67. The van der Waals surface area contributed by atoms with Gasteiger partial charge in [0.15, 0.2) is 0 Å². The fraction of sp³-hybridized carbons (Fsp3) is 1.00. The van der Waals surface area contributed by atoms with E-state index in [-0.39, 0.29) is 0 Å². The van der Waals surface area contributed by atoms with Crippen molar-refractivity contribution >= 4 is 0 Å². The van der Waals surface area contributed by atoms with E-state index in [1.54, 1.807) is 0 Å². The minimum Gasteiger partial charge on any atom is -0.309 e. The van der Waals surface area contributed by atoms with E-state index in [0.29, 0.717) is 0 Å². The molecular weight excluding hydrogens is 380 g/mol. The van der Waals surface area contributed by atoms with Crippen LogP contribution in [-0.2, 0) is 0 Å². The maximum absolute atomic E-state index is 2.28. The summed E-state index contributed by atoms with van der Waals surface area (Å²) in [5.41, 5.74) is 0. The Kier molecular flexibility index (Phi) is 27.8. The second-order valence-corrected chi connectivity index (χ2v) is 10.5. The Labute approximate surface area is 198 Å². The summed E-state index contributed by atoms with van der Waals surface area (Å²) >= 11 is 0. The topological polar surface area (TPSA) is 13.0 Å². The van der Waals surface area contributed by atoms with Crippen molar-refractivity contribution < 1.29 is 0 Å². The van der Waals surface area contributed by atoms with Crippen molar-refractivity contribution in [3.63, 3.8) is 0 Å². The van der Waals surface area contributed by atoms with Gasteiger partial charge in [-0.1, -0.05) is 70.6 Å². The van der Waals surface area contributed by atoms with Gasteiger partial charge in [0.2, 0.25) is 0 Å². The molecule has 4 nitrogen and oxygen atoms in total. The summed E-state index contributed by atoms with van der Waals surface area (Å²) in [6.07, 6.45) is 21.1. The molecule has 0 saturated heterocycles. The van der Waals surface area contributed by atoms with Crippen molar-refractivity contribution in [2.45, 2.75) is 96.3 Å². The number of hydrogen-bond acceptors (Lipinski definition) is 4. The van der Waals surface area contributed by atoms with Crippen molar-refractivity contribution in [3.8, 4) is 0 Å². The lowest BCUT2D eigenvalue weighted by atomic mass is 10.1. The van der Waals surface area contributed by atoms with Crippen LogP contribution in [0.4, 0.5) is 0 Å². The lowest BCUT2D eigenvalue weighted by molar-refractivity contribution is 0.382. The van der Waals surface area contributed by atoms with Crippen LogP contribution in [0.1, 0.15) is 96.3 Å². The summed E-state index contributed by atoms with van der Waals surface area (Å²) in [6, 6.07) is 0. The summed E-state index contributed by atoms with van der Waals surface area (Å²) in [7, 11) is 17.2. The Morgan fingerprint density at radius 2 is 0.355 bits per heavy atom. The average molecular weight is 443 g/mol. The van der Waals surface area contributed by atoms with E-state index >= 15 is 0 Å². The molecule has 0 aromatic rings. The monoisotopic (exact) mass is 442 g/mol. The van der Waals surface area contributed by atoms with Crippen LogP contribution in [0.2, 0.25) is 0 Å². The normalized spacial score (nSPS) is 11.6. The third-order valence-corrected chi connectivity index (χ3v) is 5.67. The van der Waals surface area contributed by atoms with Crippen LogP contribution in [0, 0.1) is 0 Å². The molecule has 0 radical (unpaired) electrons. The van der Waals surface area contributed by atoms with Crippen molar-refractivity contribution in [1.82, 2.24) is 19.6 Å². The standard InChI is InChI=1S/C14H32N2.C13H30N2/c1-15(2)13-11-9-7-5-6-8-10-12-14-16(3)4;1-14(2)12-10-8-6-5-7-9-11-13-15(3)4/h5-14H2,1-4H3;5-13H2,1-4H3. The maximum Gasteiger partial charge on any atom is -0.00248 e.